The van der Waals surface area contributed by atoms with E-state index >= 15 is 0 Å². The summed E-state index contributed by atoms with van der Waals surface area (Å²) in [6.07, 6.45) is 0.816. The molecule has 0 aliphatic carbocycles. The third-order valence-electron chi connectivity index (χ3n) is 3.83. The van der Waals surface area contributed by atoms with Crippen molar-refractivity contribution in [1.82, 2.24) is 19.5 Å². The zero-order valence-electron chi connectivity index (χ0n) is 10.4. The number of carbonyl (C=O) groups excluding carboxylic acids is 1. The van der Waals surface area contributed by atoms with Gasteiger partial charge in [0.05, 0.1) is 24.8 Å². The standard InChI is InChI=1S/C12H11BrN4O3/c13-8-3-9-14-10-7(11(18)17(9)15-8)4-16(12(10)19)6-1-2-20-5-6/h3,6,14H,1-2,4-5H2/t6-/m0/s1. The van der Waals surface area contributed by atoms with Crippen LogP contribution in [0.2, 0.25) is 0 Å². The van der Waals surface area contributed by atoms with Crippen molar-refractivity contribution >= 4 is 27.5 Å². The van der Waals surface area contributed by atoms with E-state index in [1.807, 2.05) is 0 Å². The zero-order chi connectivity index (χ0) is 13.9. The van der Waals surface area contributed by atoms with Crippen LogP contribution in [0.3, 0.4) is 0 Å². The molecule has 7 nitrogen and oxygen atoms in total. The molecule has 0 spiro atoms. The van der Waals surface area contributed by atoms with Crippen LogP contribution in [0, 0.1) is 0 Å². The minimum Gasteiger partial charge on any atom is -0.379 e. The van der Waals surface area contributed by atoms with Crippen molar-refractivity contribution in [1.29, 1.82) is 0 Å². The molecule has 0 saturated carbocycles. The van der Waals surface area contributed by atoms with Gasteiger partial charge in [-0.1, -0.05) is 0 Å². The van der Waals surface area contributed by atoms with Crippen LogP contribution in [0.4, 0.5) is 0 Å². The van der Waals surface area contributed by atoms with Crippen LogP contribution in [-0.4, -0.2) is 44.7 Å². The Balaban J connectivity index is 1.85. The first-order valence-electron chi connectivity index (χ1n) is 6.34. The van der Waals surface area contributed by atoms with E-state index in [0.29, 0.717) is 41.3 Å². The molecule has 1 fully saturated rings. The fourth-order valence-corrected chi connectivity index (χ4v) is 3.19. The van der Waals surface area contributed by atoms with Gasteiger partial charge in [-0.25, -0.2) is 0 Å². The first-order valence-corrected chi connectivity index (χ1v) is 7.13. The Hall–Kier alpha value is -1.67. The van der Waals surface area contributed by atoms with Crippen LogP contribution in [0.15, 0.2) is 15.5 Å². The van der Waals surface area contributed by atoms with Gasteiger partial charge in [0, 0.05) is 12.7 Å². The molecule has 1 N–H and O–H groups in total. The summed E-state index contributed by atoms with van der Waals surface area (Å²) in [5.41, 5.74) is 1.12. The number of nitrogens with zero attached hydrogens (tertiary/aromatic N) is 3. The summed E-state index contributed by atoms with van der Waals surface area (Å²) < 4.78 is 7.16. The molecular formula is C12H11BrN4O3. The van der Waals surface area contributed by atoms with Crippen LogP contribution < -0.4 is 5.56 Å². The number of H-pyrrole nitrogens is 1. The molecule has 0 aromatic carbocycles. The molecule has 8 heteroatoms. The molecule has 0 unspecified atom stereocenters. The van der Waals surface area contributed by atoms with Gasteiger partial charge in [0.15, 0.2) is 0 Å². The average molecular weight is 339 g/mol. The van der Waals surface area contributed by atoms with Crippen molar-refractivity contribution in [2.24, 2.45) is 0 Å². The van der Waals surface area contributed by atoms with E-state index in [0.717, 1.165) is 6.42 Å². The molecule has 1 atom stereocenters. The fourth-order valence-electron chi connectivity index (χ4n) is 2.81. The summed E-state index contributed by atoms with van der Waals surface area (Å²) in [4.78, 5) is 29.6. The summed E-state index contributed by atoms with van der Waals surface area (Å²) in [7, 11) is 0. The maximum Gasteiger partial charge on any atom is 0.280 e. The first kappa shape index (κ1) is 12.1. The number of halogens is 1. The summed E-state index contributed by atoms with van der Waals surface area (Å²) >= 11 is 3.23. The molecule has 0 radical (unpaired) electrons. The highest BCUT2D eigenvalue weighted by Crippen LogP contribution is 2.25. The summed E-state index contributed by atoms with van der Waals surface area (Å²) in [5.74, 6) is -0.132. The monoisotopic (exact) mass is 338 g/mol. The Labute approximate surface area is 121 Å². The molecule has 0 bridgehead atoms. The predicted octanol–water partition coefficient (Wildman–Crippen LogP) is 0.530. The molecular weight excluding hydrogens is 328 g/mol. The number of aromatic amines is 1. The van der Waals surface area contributed by atoms with Crippen LogP contribution >= 0.6 is 15.9 Å². The van der Waals surface area contributed by atoms with E-state index in [9.17, 15) is 9.59 Å². The Kier molecular flexibility index (Phi) is 2.52. The second-order valence-corrected chi connectivity index (χ2v) is 5.81. The lowest BCUT2D eigenvalue weighted by molar-refractivity contribution is 0.0675. The quantitative estimate of drug-likeness (QED) is 0.822. The van der Waals surface area contributed by atoms with Crippen molar-refractivity contribution in [3.8, 4) is 0 Å². The van der Waals surface area contributed by atoms with Crippen molar-refractivity contribution < 1.29 is 9.53 Å². The minimum atomic E-state index is -0.241. The molecule has 2 aromatic rings. The Bertz CT molecular complexity index is 775. The van der Waals surface area contributed by atoms with Crippen LogP contribution in [0.1, 0.15) is 22.5 Å². The lowest BCUT2D eigenvalue weighted by atomic mass is 10.2. The molecule has 2 aromatic heterocycles. The fraction of sp³-hybridized carbons (Fsp3) is 0.417. The van der Waals surface area contributed by atoms with Gasteiger partial charge >= 0.3 is 0 Å². The Morgan fingerprint density at radius 2 is 2.30 bits per heavy atom. The highest BCUT2D eigenvalue weighted by Gasteiger charge is 2.37. The van der Waals surface area contributed by atoms with Gasteiger partial charge in [-0.15, -0.1) is 0 Å². The second kappa shape index (κ2) is 4.16. The maximum absolute atomic E-state index is 12.4. The number of rotatable bonds is 1. The molecule has 4 heterocycles. The normalized spacial score (nSPS) is 21.9. The molecule has 104 valence electrons. The van der Waals surface area contributed by atoms with Crippen molar-refractivity contribution in [2.75, 3.05) is 13.2 Å². The van der Waals surface area contributed by atoms with Crippen LogP contribution in [-0.2, 0) is 11.3 Å². The highest BCUT2D eigenvalue weighted by molar-refractivity contribution is 9.10. The highest BCUT2D eigenvalue weighted by atomic mass is 79.9. The number of ether oxygens (including phenoxy) is 1. The lowest BCUT2D eigenvalue weighted by Crippen LogP contribution is -2.36. The molecule has 20 heavy (non-hydrogen) atoms. The van der Waals surface area contributed by atoms with E-state index in [-0.39, 0.29) is 17.5 Å². The smallest absolute Gasteiger partial charge is 0.280 e. The SMILES string of the molecule is O=C1c2[nH]c3cc(Br)nn3c(=O)c2CN1[C@H]1CCOC1. The van der Waals surface area contributed by atoms with Crippen LogP contribution in [0.5, 0.6) is 0 Å². The van der Waals surface area contributed by atoms with Gasteiger partial charge in [0.25, 0.3) is 11.5 Å². The molecule has 2 aliphatic rings. The molecule has 1 saturated heterocycles. The Morgan fingerprint density at radius 3 is 3.05 bits per heavy atom. The van der Waals surface area contributed by atoms with Gasteiger partial charge in [0.2, 0.25) is 0 Å². The van der Waals surface area contributed by atoms with E-state index in [1.165, 1.54) is 4.52 Å². The second-order valence-electron chi connectivity index (χ2n) is 5.00. The Morgan fingerprint density at radius 1 is 1.45 bits per heavy atom. The lowest BCUT2D eigenvalue weighted by Gasteiger charge is -2.21. The van der Waals surface area contributed by atoms with E-state index in [1.54, 1.807) is 11.0 Å². The predicted molar refractivity (Wildman–Crippen MR) is 72.6 cm³/mol. The van der Waals surface area contributed by atoms with Gasteiger partial charge < -0.3 is 14.6 Å². The van der Waals surface area contributed by atoms with Gasteiger partial charge in [-0.2, -0.15) is 9.61 Å². The number of hydrogen-bond acceptors (Lipinski definition) is 4. The number of fused-ring (bicyclic) bond motifs is 2. The number of amides is 1. The third kappa shape index (κ3) is 1.58. The number of aromatic nitrogens is 3. The topological polar surface area (TPSA) is 79.7 Å². The summed E-state index contributed by atoms with van der Waals surface area (Å²) in [6.45, 7) is 1.52. The van der Waals surface area contributed by atoms with E-state index in [2.05, 4.69) is 26.0 Å². The number of nitrogens with one attached hydrogen (secondary N) is 1. The largest absolute Gasteiger partial charge is 0.379 e. The number of hydrogen-bond donors (Lipinski definition) is 1. The average Bonchev–Trinajstić information content (AvgIpc) is 3.10. The molecule has 1 amide bonds. The summed E-state index contributed by atoms with van der Waals surface area (Å²) in [6, 6.07) is 1.73. The summed E-state index contributed by atoms with van der Waals surface area (Å²) in [5, 5.41) is 4.07. The zero-order valence-corrected chi connectivity index (χ0v) is 12.0. The number of carbonyl (C=O) groups is 1. The first-order chi connectivity index (χ1) is 9.65. The maximum atomic E-state index is 12.4. The third-order valence-corrected chi connectivity index (χ3v) is 4.22. The van der Waals surface area contributed by atoms with E-state index in [4.69, 9.17) is 4.74 Å². The van der Waals surface area contributed by atoms with Crippen LogP contribution in [0.25, 0.3) is 5.65 Å². The minimum absolute atomic E-state index is 0.0572. The van der Waals surface area contributed by atoms with Gasteiger partial charge in [-0.3, -0.25) is 9.59 Å². The van der Waals surface area contributed by atoms with Crippen molar-refractivity contribution in [3.63, 3.8) is 0 Å². The van der Waals surface area contributed by atoms with Crippen molar-refractivity contribution in [3.05, 3.63) is 32.3 Å². The van der Waals surface area contributed by atoms with Crippen molar-refractivity contribution in [2.45, 2.75) is 19.0 Å². The van der Waals surface area contributed by atoms with Gasteiger partial charge in [-0.05, 0) is 22.4 Å². The molecule has 2 aliphatic heterocycles. The molecule has 4 rings (SSSR count). The van der Waals surface area contributed by atoms with E-state index < -0.39 is 0 Å². The van der Waals surface area contributed by atoms with Gasteiger partial charge in [0.1, 0.15) is 15.9 Å².